The molecule has 5 rings (SSSR count). The third-order valence-electron chi connectivity index (χ3n) is 8.23. The second-order valence-corrected chi connectivity index (χ2v) is 10.6. The first-order chi connectivity index (χ1) is 13.9. The molecule has 0 aliphatic heterocycles. The summed E-state index contributed by atoms with van der Waals surface area (Å²) in [6.07, 6.45) is 10.9. The van der Waals surface area contributed by atoms with Gasteiger partial charge in [-0.1, -0.05) is 44.2 Å². The number of hydrogen-bond donors (Lipinski definition) is 0. The lowest BCUT2D eigenvalue weighted by Crippen LogP contribution is -2.49. The Morgan fingerprint density at radius 3 is 2.62 bits per heavy atom. The maximum absolute atomic E-state index is 13.4. The number of hydrogen-bond acceptors (Lipinski definition) is 4. The molecule has 4 heteroatoms. The van der Waals surface area contributed by atoms with Crippen LogP contribution in [0.25, 0.3) is 0 Å². The SMILES string of the molecule is CC12CCC3C(C=CC4=CC(=O)CCC43C)C1CC(SOc1ccccc1)C2=O. The number of fused-ring (bicyclic) bond motifs is 5. The van der Waals surface area contributed by atoms with Crippen LogP contribution in [0.3, 0.4) is 0 Å². The molecule has 1 aromatic carbocycles. The molecule has 0 bridgehead atoms. The minimum absolute atomic E-state index is 0.0729. The van der Waals surface area contributed by atoms with Gasteiger partial charge in [-0.15, -0.1) is 0 Å². The summed E-state index contributed by atoms with van der Waals surface area (Å²) in [6.45, 7) is 4.53. The minimum Gasteiger partial charge on any atom is -0.425 e. The maximum atomic E-state index is 13.4. The topological polar surface area (TPSA) is 43.4 Å². The highest BCUT2D eigenvalue weighted by Gasteiger charge is 2.61. The zero-order valence-corrected chi connectivity index (χ0v) is 17.9. The van der Waals surface area contributed by atoms with Crippen LogP contribution in [-0.2, 0) is 9.59 Å². The Morgan fingerprint density at radius 1 is 1.03 bits per heavy atom. The molecule has 152 valence electrons. The van der Waals surface area contributed by atoms with Gasteiger partial charge in [-0.25, -0.2) is 0 Å². The normalized spacial score (nSPS) is 40.7. The number of carbonyl (C=O) groups excluding carboxylic acids is 2. The molecule has 0 saturated heterocycles. The van der Waals surface area contributed by atoms with Gasteiger partial charge in [-0.3, -0.25) is 9.59 Å². The van der Waals surface area contributed by atoms with Crippen LogP contribution in [0.1, 0.15) is 46.0 Å². The maximum Gasteiger partial charge on any atom is 0.156 e. The number of benzene rings is 1. The van der Waals surface area contributed by atoms with Crippen molar-refractivity contribution >= 4 is 23.6 Å². The van der Waals surface area contributed by atoms with Gasteiger partial charge >= 0.3 is 0 Å². The van der Waals surface area contributed by atoms with Crippen LogP contribution < -0.4 is 4.18 Å². The molecule has 0 spiro atoms. The largest absolute Gasteiger partial charge is 0.425 e. The van der Waals surface area contributed by atoms with Crippen molar-refractivity contribution in [2.75, 3.05) is 0 Å². The van der Waals surface area contributed by atoms with Crippen LogP contribution in [0, 0.1) is 28.6 Å². The van der Waals surface area contributed by atoms with Gasteiger partial charge < -0.3 is 4.18 Å². The highest BCUT2D eigenvalue weighted by Crippen LogP contribution is 2.63. The zero-order chi connectivity index (χ0) is 20.2. The Morgan fingerprint density at radius 2 is 1.83 bits per heavy atom. The number of para-hydroxylation sites is 1. The van der Waals surface area contributed by atoms with E-state index in [1.165, 1.54) is 17.6 Å². The molecule has 0 heterocycles. The summed E-state index contributed by atoms with van der Waals surface area (Å²) in [4.78, 5) is 25.3. The molecular formula is C25H28O3S. The van der Waals surface area contributed by atoms with Gasteiger partial charge in [0.2, 0.25) is 0 Å². The fraction of sp³-hybridized carbons (Fsp3) is 0.520. The van der Waals surface area contributed by atoms with Crippen molar-refractivity contribution in [1.82, 2.24) is 0 Å². The average Bonchev–Trinajstić information content (AvgIpc) is 2.98. The predicted octanol–water partition coefficient (Wildman–Crippen LogP) is 5.57. The van der Waals surface area contributed by atoms with Crippen molar-refractivity contribution in [3.8, 4) is 5.75 Å². The number of ketones is 2. The molecule has 6 atom stereocenters. The van der Waals surface area contributed by atoms with E-state index in [4.69, 9.17) is 4.18 Å². The van der Waals surface area contributed by atoms with Gasteiger partial charge in [-0.2, -0.15) is 0 Å². The lowest BCUT2D eigenvalue weighted by Gasteiger charge is -2.54. The molecule has 2 saturated carbocycles. The second-order valence-electron chi connectivity index (χ2n) is 9.67. The zero-order valence-electron chi connectivity index (χ0n) is 17.1. The van der Waals surface area contributed by atoms with Crippen LogP contribution in [0.2, 0.25) is 0 Å². The van der Waals surface area contributed by atoms with Gasteiger partial charge in [0.1, 0.15) is 11.0 Å². The summed E-state index contributed by atoms with van der Waals surface area (Å²) < 4.78 is 5.90. The van der Waals surface area contributed by atoms with Crippen molar-refractivity contribution in [2.45, 2.75) is 51.2 Å². The van der Waals surface area contributed by atoms with Gasteiger partial charge in [0, 0.05) is 11.8 Å². The standard InChI is InChI=1S/C25H28O3S/c1-24-12-10-17(26)14-16(24)8-9-19-20(24)11-13-25(2)21(19)15-22(23(25)27)29-28-18-6-4-3-5-7-18/h3-9,14,19-22H,10-13,15H2,1-2H3. The fourth-order valence-corrected chi connectivity index (χ4v) is 7.42. The molecule has 29 heavy (non-hydrogen) atoms. The van der Waals surface area contributed by atoms with Crippen LogP contribution in [-0.4, -0.2) is 16.8 Å². The number of Topliss-reactive ketones (excluding diaryl/α,β-unsaturated/α-hetero) is 1. The minimum atomic E-state index is -0.259. The summed E-state index contributed by atoms with van der Waals surface area (Å²) >= 11 is 1.34. The first kappa shape index (κ1) is 19.2. The Kier molecular flexibility index (Phi) is 4.54. The van der Waals surface area contributed by atoms with E-state index in [0.29, 0.717) is 30.0 Å². The van der Waals surface area contributed by atoms with Crippen LogP contribution in [0.15, 0.2) is 54.1 Å². The van der Waals surface area contributed by atoms with E-state index in [-0.39, 0.29) is 21.9 Å². The lowest BCUT2D eigenvalue weighted by molar-refractivity contribution is -0.130. The highest BCUT2D eigenvalue weighted by molar-refractivity contribution is 7.96. The molecule has 4 aliphatic rings. The van der Waals surface area contributed by atoms with E-state index in [0.717, 1.165) is 31.4 Å². The van der Waals surface area contributed by atoms with E-state index < -0.39 is 0 Å². The van der Waals surface area contributed by atoms with Crippen LogP contribution in [0.4, 0.5) is 0 Å². The van der Waals surface area contributed by atoms with Gasteiger partial charge in [0.25, 0.3) is 0 Å². The molecule has 0 amide bonds. The van der Waals surface area contributed by atoms with E-state index in [1.54, 1.807) is 0 Å². The van der Waals surface area contributed by atoms with Crippen LogP contribution in [0.5, 0.6) is 5.75 Å². The van der Waals surface area contributed by atoms with E-state index in [1.807, 2.05) is 36.4 Å². The lowest BCUT2D eigenvalue weighted by atomic mass is 9.49. The number of allylic oxidation sites excluding steroid dienone is 4. The van der Waals surface area contributed by atoms with Crippen LogP contribution >= 0.6 is 12.0 Å². The number of rotatable bonds is 3. The summed E-state index contributed by atoms with van der Waals surface area (Å²) in [5.74, 6) is 2.71. The summed E-state index contributed by atoms with van der Waals surface area (Å²) in [7, 11) is 0. The quantitative estimate of drug-likeness (QED) is 0.613. The van der Waals surface area contributed by atoms with Crippen molar-refractivity contribution in [2.24, 2.45) is 28.6 Å². The number of carbonyl (C=O) groups is 2. The van der Waals surface area contributed by atoms with Gasteiger partial charge in [0.15, 0.2) is 11.6 Å². The smallest absolute Gasteiger partial charge is 0.156 e. The van der Waals surface area contributed by atoms with Crippen molar-refractivity contribution < 1.29 is 13.8 Å². The Labute approximate surface area is 177 Å². The molecule has 0 radical (unpaired) electrons. The first-order valence-corrected chi connectivity index (χ1v) is 11.6. The molecule has 0 N–H and O–H groups in total. The Balaban J connectivity index is 1.40. The Hall–Kier alpha value is -1.81. The third kappa shape index (κ3) is 2.94. The third-order valence-corrected chi connectivity index (χ3v) is 9.16. The second kappa shape index (κ2) is 6.87. The van der Waals surface area contributed by atoms with Crippen molar-refractivity contribution in [1.29, 1.82) is 0 Å². The summed E-state index contributed by atoms with van der Waals surface area (Å²) in [6, 6.07) is 9.73. The molecule has 3 nitrogen and oxygen atoms in total. The van der Waals surface area contributed by atoms with Gasteiger partial charge in [-0.05, 0) is 72.6 Å². The molecule has 1 aromatic rings. The van der Waals surface area contributed by atoms with Crippen molar-refractivity contribution in [3.05, 3.63) is 54.1 Å². The first-order valence-electron chi connectivity index (χ1n) is 10.8. The average molecular weight is 409 g/mol. The summed E-state index contributed by atoms with van der Waals surface area (Å²) in [5.41, 5.74) is 1.02. The molecule has 0 aromatic heterocycles. The molecule has 6 unspecified atom stereocenters. The molecule has 2 fully saturated rings. The highest BCUT2D eigenvalue weighted by atomic mass is 32.2. The van der Waals surface area contributed by atoms with E-state index in [9.17, 15) is 9.59 Å². The Bertz CT molecular complexity index is 904. The molecule has 4 aliphatic carbocycles. The van der Waals surface area contributed by atoms with E-state index >= 15 is 0 Å². The van der Waals surface area contributed by atoms with E-state index in [2.05, 4.69) is 26.0 Å². The molecular weight excluding hydrogens is 380 g/mol. The fourth-order valence-electron chi connectivity index (χ4n) is 6.44. The van der Waals surface area contributed by atoms with Gasteiger partial charge in [0.05, 0.1) is 12.0 Å². The monoisotopic (exact) mass is 408 g/mol. The predicted molar refractivity (Wildman–Crippen MR) is 115 cm³/mol. The summed E-state index contributed by atoms with van der Waals surface area (Å²) in [5, 5.41) is -0.102. The van der Waals surface area contributed by atoms with Crippen molar-refractivity contribution in [3.63, 3.8) is 0 Å².